The van der Waals surface area contributed by atoms with Gasteiger partial charge in [-0.15, -0.1) is 0 Å². The zero-order valence-corrected chi connectivity index (χ0v) is 33.2. The first-order chi connectivity index (χ1) is 26.6. The van der Waals surface area contributed by atoms with Gasteiger partial charge in [-0.2, -0.15) is 0 Å². The van der Waals surface area contributed by atoms with Crippen LogP contribution in [0.15, 0.2) is 95.5 Å². The molecule has 0 saturated carbocycles. The zero-order chi connectivity index (χ0) is 40.7. The van der Waals surface area contributed by atoms with Crippen molar-refractivity contribution >= 4 is 46.9 Å². The van der Waals surface area contributed by atoms with Gasteiger partial charge in [0.1, 0.15) is 17.1 Å². The summed E-state index contributed by atoms with van der Waals surface area (Å²) in [6.45, 7) is 4.07. The third-order valence-electron chi connectivity index (χ3n) is 12.3. The Morgan fingerprint density at radius 2 is 1.45 bits per heavy atom. The van der Waals surface area contributed by atoms with Crippen molar-refractivity contribution in [2.75, 3.05) is 32.2 Å². The second-order valence-corrected chi connectivity index (χ2v) is 20.2. The van der Waals surface area contributed by atoms with E-state index >= 15 is 0 Å². The summed E-state index contributed by atoms with van der Waals surface area (Å²) >= 11 is 0. The normalized spacial score (nSPS) is 25.1. The molecule has 0 radical (unpaired) electrons. The number of nitrogens with zero attached hydrogens (tertiary/aromatic N) is 1. The molecule has 3 aliphatic carbocycles. The van der Waals surface area contributed by atoms with Crippen LogP contribution in [0.1, 0.15) is 67.3 Å². The fourth-order valence-electron chi connectivity index (χ4n) is 9.30. The number of phenolic OH excluding ortho intramolecular Hbond substituents is 1. The van der Waals surface area contributed by atoms with E-state index in [-0.39, 0.29) is 23.6 Å². The van der Waals surface area contributed by atoms with Gasteiger partial charge < -0.3 is 26.2 Å². The summed E-state index contributed by atoms with van der Waals surface area (Å²) in [4.78, 5) is 54.5. The van der Waals surface area contributed by atoms with Gasteiger partial charge in [-0.3, -0.25) is 19.3 Å². The number of carbonyl (C=O) groups is 4. The number of hydrogen-bond donors (Lipinski definition) is 7. The van der Waals surface area contributed by atoms with Crippen LogP contribution in [0.5, 0.6) is 5.75 Å². The number of nitrogens with one attached hydrogen (secondary N) is 1. The number of primary amides is 1. The van der Waals surface area contributed by atoms with Gasteiger partial charge in [0, 0.05) is 11.5 Å². The number of ketones is 2. The van der Waals surface area contributed by atoms with Crippen LogP contribution in [0.2, 0.25) is 0 Å². The molecule has 298 valence electrons. The van der Waals surface area contributed by atoms with Crippen molar-refractivity contribution in [2.45, 2.75) is 69.1 Å². The number of aromatic hydroxyl groups is 1. The number of fused-ring (bicyclic) bond motifs is 3. The maximum absolute atomic E-state index is 14.2. The van der Waals surface area contributed by atoms with E-state index in [0.717, 1.165) is 31.8 Å². The van der Waals surface area contributed by atoms with Crippen molar-refractivity contribution in [3.63, 3.8) is 0 Å². The molecule has 0 spiro atoms. The molecule has 6 rings (SSSR count). The van der Waals surface area contributed by atoms with E-state index < -0.39 is 88.7 Å². The molecule has 3 aliphatic rings. The summed E-state index contributed by atoms with van der Waals surface area (Å²) in [5.41, 5.74) is 0.952. The van der Waals surface area contributed by atoms with Crippen LogP contribution in [-0.4, -0.2) is 98.5 Å². The van der Waals surface area contributed by atoms with E-state index in [1.54, 1.807) is 13.0 Å². The molecule has 0 fully saturated rings. The molecule has 0 saturated heterocycles. The second kappa shape index (κ2) is 15.9. The third kappa shape index (κ3) is 6.83. The molecule has 13 heteroatoms. The van der Waals surface area contributed by atoms with Gasteiger partial charge in [0.25, 0.3) is 5.91 Å². The van der Waals surface area contributed by atoms with Crippen molar-refractivity contribution in [3.05, 3.63) is 107 Å². The first-order valence-corrected chi connectivity index (χ1v) is 21.9. The molecule has 0 aromatic heterocycles. The first-order valence-electron chi connectivity index (χ1n) is 19.2. The van der Waals surface area contributed by atoms with Crippen molar-refractivity contribution in [2.24, 2.45) is 17.6 Å². The van der Waals surface area contributed by atoms with Crippen LogP contribution in [-0.2, 0) is 14.4 Å². The zero-order valence-electron chi connectivity index (χ0n) is 32.2. The molecule has 3 aromatic carbocycles. The number of phenols is 1. The molecule has 0 unspecified atom stereocenters. The number of benzene rings is 3. The van der Waals surface area contributed by atoms with Crippen LogP contribution >= 0.6 is 7.26 Å². The Morgan fingerprint density at radius 3 is 2.02 bits per heavy atom. The Labute approximate surface area is 327 Å². The average molecular weight is 786 g/mol. The van der Waals surface area contributed by atoms with Crippen LogP contribution in [0.4, 0.5) is 5.69 Å². The van der Waals surface area contributed by atoms with Gasteiger partial charge in [-0.1, -0.05) is 6.92 Å². The monoisotopic (exact) mass is 785 g/mol. The Morgan fingerprint density at radius 1 is 0.875 bits per heavy atom. The minimum absolute atomic E-state index is 0.0304. The first kappa shape index (κ1) is 40.8. The molecule has 12 nitrogen and oxygen atoms in total. The molecule has 56 heavy (non-hydrogen) atoms. The molecule has 6 atom stereocenters. The van der Waals surface area contributed by atoms with Gasteiger partial charge in [0.2, 0.25) is 5.78 Å². The molecule has 8 N–H and O–H groups in total. The van der Waals surface area contributed by atoms with Crippen LogP contribution in [0.3, 0.4) is 0 Å². The number of unbranched alkanes of at least 4 members (excludes halogenated alkanes) is 4. The molecular formula is C43H52N3O9P. The number of nitrogens with two attached hydrogens (primary N) is 1. The summed E-state index contributed by atoms with van der Waals surface area (Å²) in [6.07, 6.45) is 4.16. The van der Waals surface area contributed by atoms with Crippen LogP contribution < -0.4 is 21.7 Å². The fourth-order valence-corrected chi connectivity index (χ4v) is 13.0. The molecule has 3 aromatic rings. The van der Waals surface area contributed by atoms with E-state index in [4.69, 9.17) is 5.73 Å². The van der Waals surface area contributed by atoms with E-state index in [1.807, 2.05) is 12.1 Å². The Bertz CT molecular complexity index is 2060. The van der Waals surface area contributed by atoms with Crippen molar-refractivity contribution in [3.8, 4) is 5.75 Å². The summed E-state index contributed by atoms with van der Waals surface area (Å²) in [5, 5.41) is 63.2. The smallest absolute Gasteiger partial charge is 0.510 e. The van der Waals surface area contributed by atoms with E-state index in [2.05, 4.69) is 60.5 Å². The number of Topliss-reactive ketones (excluding diaryl/α,β-unsaturated/α-hetero) is 2. The number of amides is 2. The van der Waals surface area contributed by atoms with Gasteiger partial charge in [-0.05, 0) is 25.6 Å². The predicted molar refractivity (Wildman–Crippen MR) is 217 cm³/mol. The number of rotatable bonds is 13. The SMILES string of the molecule is C[C@H]1c2ccc(NC(=O)CCCCCCC[PH](C)(c3ccccc3)c3ccccc3)c(O)c2C(=O)C2=C(O)[C@]3(O)C(=O)C(C(N)=O)=C(O)[C@@H](N(C)C)[C@@H]3[C@@H](O)[C@@H]21. The molecule has 0 aliphatic heterocycles. The number of hydrogen-bond acceptors (Lipinski definition) is 10. The topological polar surface area (TPSA) is 211 Å². The summed E-state index contributed by atoms with van der Waals surface area (Å²) in [6, 6.07) is 23.1. The molecule has 0 bridgehead atoms. The molecular weight excluding hydrogens is 733 g/mol. The molecule has 2 amide bonds. The van der Waals surface area contributed by atoms with E-state index in [1.165, 1.54) is 35.7 Å². The third-order valence-corrected chi connectivity index (χ3v) is 16.9. The fraction of sp³-hybridized carbons (Fsp3) is 0.395. The number of aliphatic hydroxyl groups excluding tert-OH is 3. The van der Waals surface area contributed by atoms with E-state index in [0.29, 0.717) is 12.0 Å². The minimum Gasteiger partial charge on any atom is -0.510 e. The van der Waals surface area contributed by atoms with Gasteiger partial charge in [0.15, 0.2) is 11.4 Å². The Hall–Kier alpha value is -4.87. The Kier molecular flexibility index (Phi) is 11.6. The standard InChI is InChI=1S/C43H52N3O9P/c1-24-27-21-22-28(45-29(47)20-14-6-5-7-15-23-56(4,25-16-10-8-11-17-25)26-18-12-9-13-19-26)36(48)31(27)37(49)32-30(24)38(50)34-35(46(2)3)39(51)33(42(44)54)41(53)43(34,55)40(32)52/h8-13,16-19,21-22,24,30,34-35,38,48,50-52,55-56H,5-7,14-15,20,23H2,1-4H3,(H2,44,54)(H,45,47)/t24-,30+,34+,35-,38-,43-/m0/s1. The number of aliphatic hydroxyl groups is 4. The second-order valence-electron chi connectivity index (χ2n) is 15.9. The Balaban J connectivity index is 1.13. The van der Waals surface area contributed by atoms with Crippen molar-refractivity contribution in [1.82, 2.24) is 4.90 Å². The summed E-state index contributed by atoms with van der Waals surface area (Å²) < 4.78 is 0. The van der Waals surface area contributed by atoms with Crippen molar-refractivity contribution < 1.29 is 44.7 Å². The average Bonchev–Trinajstić information content (AvgIpc) is 3.17. The van der Waals surface area contributed by atoms with Gasteiger partial charge in [0.05, 0.1) is 18.1 Å². The number of carbonyl (C=O) groups excluding carboxylic acids is 4. The van der Waals surface area contributed by atoms with Crippen LogP contribution in [0.25, 0.3) is 0 Å². The van der Waals surface area contributed by atoms with Gasteiger partial charge in [-0.25, -0.2) is 0 Å². The minimum atomic E-state index is -3.00. The van der Waals surface area contributed by atoms with Gasteiger partial charge >= 0.3 is 180 Å². The van der Waals surface area contributed by atoms with E-state index in [9.17, 15) is 44.7 Å². The van der Waals surface area contributed by atoms with Crippen molar-refractivity contribution in [1.29, 1.82) is 0 Å². The quantitative estimate of drug-likeness (QED) is 0.0574. The van der Waals surface area contributed by atoms with Crippen LogP contribution in [0, 0.1) is 11.8 Å². The number of likely N-dealkylation sites (N-methyl/N-ethyl adjacent to an activating group) is 1. The summed E-state index contributed by atoms with van der Waals surface area (Å²) in [7, 11) is 1.06. The predicted octanol–water partition coefficient (Wildman–Crippen LogP) is 3.96. The molecule has 0 heterocycles. The number of anilines is 1. The summed E-state index contributed by atoms with van der Waals surface area (Å²) in [5.74, 6) is -10.1. The maximum atomic E-state index is 14.2.